The lowest BCUT2D eigenvalue weighted by molar-refractivity contribution is 0.390. The van der Waals surface area contributed by atoms with Gasteiger partial charge in [-0.3, -0.25) is 0 Å². The molecule has 1 N–H and O–H groups in total. The fourth-order valence-electron chi connectivity index (χ4n) is 1.76. The molecule has 2 rings (SSSR count). The van der Waals surface area contributed by atoms with Crippen LogP contribution in [0.1, 0.15) is 32.0 Å². The third-order valence-corrected chi connectivity index (χ3v) is 2.76. The van der Waals surface area contributed by atoms with E-state index >= 15 is 0 Å². The zero-order chi connectivity index (χ0) is 14.6. The molecule has 0 aromatic carbocycles. The van der Waals surface area contributed by atoms with Crippen molar-refractivity contribution >= 4 is 0 Å². The summed E-state index contributed by atoms with van der Waals surface area (Å²) in [5.41, 5.74) is 1.97. The topological polar surface area (TPSA) is 64.9 Å². The Labute approximate surface area is 119 Å². The Hall–Kier alpha value is -1.95. The zero-order valence-electron chi connectivity index (χ0n) is 12.4. The fourth-order valence-corrected chi connectivity index (χ4v) is 1.76. The van der Waals surface area contributed by atoms with Crippen LogP contribution in [0, 0.1) is 0 Å². The van der Waals surface area contributed by atoms with E-state index in [0.29, 0.717) is 19.0 Å². The van der Waals surface area contributed by atoms with Crippen LogP contribution in [0.4, 0.5) is 0 Å². The van der Waals surface area contributed by atoms with Crippen molar-refractivity contribution in [3.8, 4) is 5.88 Å². The minimum absolute atomic E-state index is 0.0658. The maximum absolute atomic E-state index is 5.23. The van der Waals surface area contributed by atoms with Crippen LogP contribution in [0.3, 0.4) is 0 Å². The Morgan fingerprint density at radius 2 is 2.15 bits per heavy atom. The molecule has 0 amide bonds. The third kappa shape index (κ3) is 4.03. The van der Waals surface area contributed by atoms with Crippen LogP contribution in [-0.4, -0.2) is 32.6 Å². The molecule has 0 radical (unpaired) electrons. The van der Waals surface area contributed by atoms with Crippen LogP contribution < -0.4 is 10.1 Å². The van der Waals surface area contributed by atoms with Gasteiger partial charge in [0.2, 0.25) is 5.88 Å². The summed E-state index contributed by atoms with van der Waals surface area (Å²) in [5, 5.41) is 11.7. The Balaban J connectivity index is 2.02. The average Bonchev–Trinajstić information content (AvgIpc) is 2.84. The summed E-state index contributed by atoms with van der Waals surface area (Å²) in [6.07, 6.45) is 3.65. The van der Waals surface area contributed by atoms with Crippen molar-refractivity contribution in [2.45, 2.75) is 39.4 Å². The lowest BCUT2D eigenvalue weighted by atomic mass is 10.1. The lowest BCUT2D eigenvalue weighted by Crippen LogP contribution is -2.35. The predicted molar refractivity (Wildman–Crippen MR) is 76.5 cm³/mol. The molecule has 6 heteroatoms. The number of pyridine rings is 1. The smallest absolute Gasteiger partial charge is 0.218 e. The second-order valence-electron chi connectivity index (χ2n) is 5.68. The Kier molecular flexibility index (Phi) is 4.34. The molecule has 2 heterocycles. The fraction of sp³-hybridized carbons (Fsp3) is 0.500. The SMILES string of the molecule is COc1ncccc1Cn1cc(CNC(C)(C)C)nn1. The second kappa shape index (κ2) is 6.00. The van der Waals surface area contributed by atoms with E-state index in [9.17, 15) is 0 Å². The molecular formula is C14H21N5O. The molecule has 0 aliphatic carbocycles. The molecule has 0 aliphatic rings. The number of aromatic nitrogens is 4. The van der Waals surface area contributed by atoms with Gasteiger partial charge in [-0.1, -0.05) is 11.3 Å². The van der Waals surface area contributed by atoms with E-state index in [1.54, 1.807) is 18.0 Å². The van der Waals surface area contributed by atoms with Crippen LogP contribution >= 0.6 is 0 Å². The van der Waals surface area contributed by atoms with Gasteiger partial charge in [0.05, 0.1) is 25.5 Å². The van der Waals surface area contributed by atoms with Gasteiger partial charge in [-0.25, -0.2) is 9.67 Å². The van der Waals surface area contributed by atoms with E-state index in [4.69, 9.17) is 4.74 Å². The first-order chi connectivity index (χ1) is 9.48. The molecule has 0 atom stereocenters. The van der Waals surface area contributed by atoms with Crippen LogP contribution in [0.5, 0.6) is 5.88 Å². The molecule has 0 unspecified atom stereocenters. The Morgan fingerprint density at radius 3 is 2.85 bits per heavy atom. The highest BCUT2D eigenvalue weighted by Gasteiger charge is 2.11. The Morgan fingerprint density at radius 1 is 1.35 bits per heavy atom. The molecular weight excluding hydrogens is 254 g/mol. The number of rotatable bonds is 5. The minimum atomic E-state index is 0.0658. The van der Waals surface area contributed by atoms with Crippen molar-refractivity contribution in [1.82, 2.24) is 25.3 Å². The molecule has 0 aliphatic heterocycles. The van der Waals surface area contributed by atoms with Gasteiger partial charge >= 0.3 is 0 Å². The minimum Gasteiger partial charge on any atom is -0.481 e. The summed E-state index contributed by atoms with van der Waals surface area (Å²) >= 11 is 0. The summed E-state index contributed by atoms with van der Waals surface area (Å²) < 4.78 is 7.02. The number of hydrogen-bond donors (Lipinski definition) is 1. The van der Waals surface area contributed by atoms with E-state index < -0.39 is 0 Å². The molecule has 2 aromatic rings. The average molecular weight is 275 g/mol. The zero-order valence-corrected chi connectivity index (χ0v) is 12.4. The van der Waals surface area contributed by atoms with E-state index in [2.05, 4.69) is 41.4 Å². The molecule has 0 saturated heterocycles. The van der Waals surface area contributed by atoms with Crippen LogP contribution in [0.2, 0.25) is 0 Å². The van der Waals surface area contributed by atoms with Crippen molar-refractivity contribution in [3.63, 3.8) is 0 Å². The highest BCUT2D eigenvalue weighted by atomic mass is 16.5. The predicted octanol–water partition coefficient (Wildman–Crippen LogP) is 1.62. The highest BCUT2D eigenvalue weighted by Crippen LogP contribution is 2.14. The number of methoxy groups -OCH3 is 1. The molecule has 6 nitrogen and oxygen atoms in total. The third-order valence-electron chi connectivity index (χ3n) is 2.76. The van der Waals surface area contributed by atoms with Gasteiger partial charge in [0.25, 0.3) is 0 Å². The summed E-state index contributed by atoms with van der Waals surface area (Å²) in [5.74, 6) is 0.623. The molecule has 108 valence electrons. The van der Waals surface area contributed by atoms with Gasteiger partial charge in [-0.2, -0.15) is 0 Å². The van der Waals surface area contributed by atoms with Crippen molar-refractivity contribution in [2.75, 3.05) is 7.11 Å². The van der Waals surface area contributed by atoms with Gasteiger partial charge < -0.3 is 10.1 Å². The van der Waals surface area contributed by atoms with E-state index in [1.165, 1.54) is 0 Å². The summed E-state index contributed by atoms with van der Waals surface area (Å²) in [6.45, 7) is 7.67. The standard InChI is InChI=1S/C14H21N5O/c1-14(2,3)16-8-12-10-19(18-17-12)9-11-6-5-7-15-13(11)20-4/h5-7,10,16H,8-9H2,1-4H3. The second-order valence-corrected chi connectivity index (χ2v) is 5.68. The van der Waals surface area contributed by atoms with Gasteiger partial charge in [-0.05, 0) is 26.8 Å². The van der Waals surface area contributed by atoms with E-state index in [-0.39, 0.29) is 5.54 Å². The summed E-state index contributed by atoms with van der Waals surface area (Å²) in [4.78, 5) is 4.17. The highest BCUT2D eigenvalue weighted by molar-refractivity contribution is 5.25. The van der Waals surface area contributed by atoms with Crippen molar-refractivity contribution in [1.29, 1.82) is 0 Å². The van der Waals surface area contributed by atoms with Gasteiger partial charge in [0, 0.05) is 23.8 Å². The normalized spacial score (nSPS) is 11.6. The monoisotopic (exact) mass is 275 g/mol. The van der Waals surface area contributed by atoms with Crippen molar-refractivity contribution < 1.29 is 4.74 Å². The Bertz CT molecular complexity index is 559. The first-order valence-corrected chi connectivity index (χ1v) is 6.60. The lowest BCUT2D eigenvalue weighted by Gasteiger charge is -2.19. The maximum atomic E-state index is 5.23. The van der Waals surface area contributed by atoms with Crippen molar-refractivity contribution in [2.24, 2.45) is 0 Å². The van der Waals surface area contributed by atoms with Gasteiger partial charge in [-0.15, -0.1) is 5.10 Å². The van der Waals surface area contributed by atoms with E-state index in [0.717, 1.165) is 11.3 Å². The van der Waals surface area contributed by atoms with Crippen LogP contribution in [0.25, 0.3) is 0 Å². The molecule has 0 saturated carbocycles. The van der Waals surface area contributed by atoms with Crippen LogP contribution in [-0.2, 0) is 13.1 Å². The maximum Gasteiger partial charge on any atom is 0.218 e. The molecule has 0 fully saturated rings. The summed E-state index contributed by atoms with van der Waals surface area (Å²) in [6, 6.07) is 3.86. The van der Waals surface area contributed by atoms with Gasteiger partial charge in [0.1, 0.15) is 0 Å². The van der Waals surface area contributed by atoms with Crippen LogP contribution in [0.15, 0.2) is 24.5 Å². The van der Waals surface area contributed by atoms with Crippen molar-refractivity contribution in [3.05, 3.63) is 35.8 Å². The first kappa shape index (κ1) is 14.5. The molecule has 0 bridgehead atoms. The number of hydrogen-bond acceptors (Lipinski definition) is 5. The largest absolute Gasteiger partial charge is 0.481 e. The molecule has 0 spiro atoms. The summed E-state index contributed by atoms with van der Waals surface area (Å²) in [7, 11) is 1.62. The quantitative estimate of drug-likeness (QED) is 0.898. The van der Waals surface area contributed by atoms with Gasteiger partial charge in [0.15, 0.2) is 0 Å². The number of ether oxygens (including phenoxy) is 1. The first-order valence-electron chi connectivity index (χ1n) is 6.60. The van der Waals surface area contributed by atoms with E-state index in [1.807, 2.05) is 18.3 Å². The number of nitrogens with zero attached hydrogens (tertiary/aromatic N) is 4. The number of nitrogens with one attached hydrogen (secondary N) is 1. The molecule has 20 heavy (non-hydrogen) atoms. The molecule has 2 aromatic heterocycles.